The van der Waals surface area contributed by atoms with Crippen LogP contribution in [0.1, 0.15) is 26.2 Å². The molecule has 0 aromatic rings. The SMILES string of the molecule is CCCCC(=O)CP(=O)(OCC(F)(F)F)OCC(F)(F)F. The van der Waals surface area contributed by atoms with E-state index >= 15 is 0 Å². The number of rotatable bonds is 9. The van der Waals surface area contributed by atoms with Crippen LogP contribution in [0, 0.1) is 0 Å². The summed E-state index contributed by atoms with van der Waals surface area (Å²) < 4.78 is 91.6. The molecule has 126 valence electrons. The van der Waals surface area contributed by atoms with Gasteiger partial charge in [-0.15, -0.1) is 0 Å². The van der Waals surface area contributed by atoms with Crippen LogP contribution in [0.2, 0.25) is 0 Å². The average molecular weight is 344 g/mol. The average Bonchev–Trinajstić information content (AvgIpc) is 2.30. The third kappa shape index (κ3) is 11.7. The van der Waals surface area contributed by atoms with Gasteiger partial charge in [-0.1, -0.05) is 13.3 Å². The molecule has 0 amide bonds. The maximum absolute atomic E-state index is 12.0. The first-order chi connectivity index (χ1) is 9.37. The van der Waals surface area contributed by atoms with E-state index in [-0.39, 0.29) is 6.42 Å². The molecule has 0 heterocycles. The van der Waals surface area contributed by atoms with Crippen molar-refractivity contribution in [3.05, 3.63) is 0 Å². The van der Waals surface area contributed by atoms with Crippen molar-refractivity contribution in [2.24, 2.45) is 0 Å². The summed E-state index contributed by atoms with van der Waals surface area (Å²) in [5.74, 6) is -0.774. The Morgan fingerprint density at radius 3 is 1.76 bits per heavy atom. The van der Waals surface area contributed by atoms with Crippen LogP contribution in [-0.2, 0) is 18.4 Å². The molecule has 0 bridgehead atoms. The summed E-state index contributed by atoms with van der Waals surface area (Å²) in [7, 11) is -4.80. The quantitative estimate of drug-likeness (QED) is 0.467. The summed E-state index contributed by atoms with van der Waals surface area (Å²) in [4.78, 5) is 11.4. The number of alkyl halides is 6. The van der Waals surface area contributed by atoms with Crippen LogP contribution in [0.4, 0.5) is 26.3 Å². The number of carbonyl (C=O) groups excluding carboxylic acids is 1. The molecule has 0 aromatic heterocycles. The van der Waals surface area contributed by atoms with E-state index in [9.17, 15) is 35.7 Å². The van der Waals surface area contributed by atoms with Gasteiger partial charge in [-0.2, -0.15) is 26.3 Å². The molecule has 0 saturated carbocycles. The number of hydrogen-bond donors (Lipinski definition) is 0. The van der Waals surface area contributed by atoms with E-state index in [1.165, 1.54) is 0 Å². The fourth-order valence-electron chi connectivity index (χ4n) is 1.14. The number of Topliss-reactive ketones (excluding diaryl/α,β-unsaturated/α-hetero) is 1. The van der Waals surface area contributed by atoms with Crippen LogP contribution in [0.15, 0.2) is 0 Å². The first-order valence-electron chi connectivity index (χ1n) is 5.90. The molecule has 0 radical (unpaired) electrons. The highest BCUT2D eigenvalue weighted by atomic mass is 31.2. The van der Waals surface area contributed by atoms with Gasteiger partial charge in [0.1, 0.15) is 11.9 Å². The number of carbonyl (C=O) groups is 1. The molecule has 21 heavy (non-hydrogen) atoms. The van der Waals surface area contributed by atoms with Crippen LogP contribution in [0.3, 0.4) is 0 Å². The Kier molecular flexibility index (Phi) is 7.91. The van der Waals surface area contributed by atoms with Crippen molar-refractivity contribution in [1.29, 1.82) is 0 Å². The minimum absolute atomic E-state index is 0.120. The molecule has 0 N–H and O–H groups in total. The second-order valence-electron chi connectivity index (χ2n) is 4.19. The molecule has 0 spiro atoms. The van der Waals surface area contributed by atoms with E-state index in [0.717, 1.165) is 0 Å². The van der Waals surface area contributed by atoms with E-state index in [2.05, 4.69) is 9.05 Å². The van der Waals surface area contributed by atoms with E-state index in [4.69, 9.17) is 0 Å². The lowest BCUT2D eigenvalue weighted by Gasteiger charge is -2.19. The van der Waals surface area contributed by atoms with Gasteiger partial charge in [0, 0.05) is 6.42 Å². The normalized spacial score (nSPS) is 13.5. The lowest BCUT2D eigenvalue weighted by atomic mass is 10.2. The predicted octanol–water partition coefficient (Wildman–Crippen LogP) is 4.10. The highest BCUT2D eigenvalue weighted by Gasteiger charge is 2.39. The van der Waals surface area contributed by atoms with Crippen molar-refractivity contribution < 1.29 is 44.7 Å². The number of halogens is 6. The molecule has 0 rings (SSSR count). The maximum atomic E-state index is 12.0. The Bertz CT molecular complexity index is 357. The Hall–Kier alpha value is -0.600. The molecule has 0 saturated heterocycles. The van der Waals surface area contributed by atoms with Crippen LogP contribution >= 0.6 is 7.60 Å². The monoisotopic (exact) mass is 344 g/mol. The van der Waals surface area contributed by atoms with Gasteiger partial charge in [-0.3, -0.25) is 18.4 Å². The van der Waals surface area contributed by atoms with Crippen molar-refractivity contribution in [2.75, 3.05) is 19.4 Å². The predicted molar refractivity (Wildman–Crippen MR) is 61.0 cm³/mol. The minimum Gasteiger partial charge on any atom is -0.299 e. The first kappa shape index (κ1) is 20.4. The highest BCUT2D eigenvalue weighted by molar-refractivity contribution is 7.54. The second-order valence-corrected chi connectivity index (χ2v) is 6.24. The Morgan fingerprint density at radius 1 is 1.00 bits per heavy atom. The van der Waals surface area contributed by atoms with Crippen LogP contribution < -0.4 is 0 Å². The number of unbranched alkanes of at least 4 members (excludes halogenated alkanes) is 1. The van der Waals surface area contributed by atoms with Gasteiger partial charge in [-0.25, -0.2) is 0 Å². The Morgan fingerprint density at radius 2 is 1.43 bits per heavy atom. The lowest BCUT2D eigenvalue weighted by molar-refractivity contribution is -0.165. The van der Waals surface area contributed by atoms with E-state index in [0.29, 0.717) is 12.8 Å². The van der Waals surface area contributed by atoms with Gasteiger partial charge in [0.2, 0.25) is 0 Å². The third-order valence-corrected chi connectivity index (χ3v) is 3.81. The molecule has 0 aliphatic heterocycles. The van der Waals surface area contributed by atoms with E-state index < -0.39 is 45.1 Å². The van der Waals surface area contributed by atoms with Crippen LogP contribution in [0.25, 0.3) is 0 Å². The zero-order valence-corrected chi connectivity index (χ0v) is 12.0. The topological polar surface area (TPSA) is 52.6 Å². The summed E-state index contributed by atoms with van der Waals surface area (Å²) in [6, 6.07) is 0. The summed E-state index contributed by atoms with van der Waals surface area (Å²) >= 11 is 0. The summed E-state index contributed by atoms with van der Waals surface area (Å²) in [6.45, 7) is -2.38. The van der Waals surface area contributed by atoms with Crippen molar-refractivity contribution in [3.8, 4) is 0 Å². The largest absolute Gasteiger partial charge is 0.412 e. The summed E-state index contributed by atoms with van der Waals surface area (Å²) in [5.41, 5.74) is 0. The van der Waals surface area contributed by atoms with Gasteiger partial charge in [0.25, 0.3) is 0 Å². The fraction of sp³-hybridized carbons (Fsp3) is 0.900. The maximum Gasteiger partial charge on any atom is 0.412 e. The summed E-state index contributed by atoms with van der Waals surface area (Å²) in [5, 5.41) is 0. The minimum atomic E-state index is -4.90. The molecule has 11 heteroatoms. The lowest BCUT2D eigenvalue weighted by Crippen LogP contribution is -2.22. The standard InChI is InChI=1S/C10H15F6O4P/c1-2-3-4-8(17)5-21(18,19-6-9(11,12)13)20-7-10(14,15)16/h2-7H2,1H3. The van der Waals surface area contributed by atoms with Crippen LogP contribution in [-0.4, -0.2) is 37.5 Å². The van der Waals surface area contributed by atoms with E-state index in [1.807, 2.05) is 0 Å². The molecular weight excluding hydrogens is 329 g/mol. The van der Waals surface area contributed by atoms with E-state index in [1.54, 1.807) is 6.92 Å². The molecule has 0 fully saturated rings. The van der Waals surface area contributed by atoms with Crippen LogP contribution in [0.5, 0.6) is 0 Å². The first-order valence-corrected chi connectivity index (χ1v) is 7.63. The molecule has 0 aliphatic carbocycles. The van der Waals surface area contributed by atoms with Gasteiger partial charge in [0.05, 0.1) is 0 Å². The second kappa shape index (κ2) is 8.14. The van der Waals surface area contributed by atoms with Gasteiger partial charge >= 0.3 is 19.9 Å². The van der Waals surface area contributed by atoms with Crippen molar-refractivity contribution in [1.82, 2.24) is 0 Å². The van der Waals surface area contributed by atoms with Crippen molar-refractivity contribution >= 4 is 13.4 Å². The zero-order valence-electron chi connectivity index (χ0n) is 11.1. The van der Waals surface area contributed by atoms with Gasteiger partial charge in [-0.05, 0) is 6.42 Å². The Labute approximate surface area is 117 Å². The fourth-order valence-corrected chi connectivity index (χ4v) is 2.67. The third-order valence-electron chi connectivity index (χ3n) is 2.03. The molecule has 0 unspecified atom stereocenters. The highest BCUT2D eigenvalue weighted by Crippen LogP contribution is 2.50. The number of ketones is 1. The Balaban J connectivity index is 4.74. The smallest absolute Gasteiger partial charge is 0.299 e. The summed E-state index contributed by atoms with van der Waals surface area (Å²) in [6.07, 6.45) is -10.1. The van der Waals surface area contributed by atoms with Gasteiger partial charge in [0.15, 0.2) is 13.2 Å². The van der Waals surface area contributed by atoms with Gasteiger partial charge < -0.3 is 0 Å². The van der Waals surface area contributed by atoms with Crippen molar-refractivity contribution in [2.45, 2.75) is 38.5 Å². The number of hydrogen-bond acceptors (Lipinski definition) is 4. The molecule has 4 nitrogen and oxygen atoms in total. The molecule has 0 aromatic carbocycles. The molecule has 0 atom stereocenters. The molecular formula is C10H15F6O4P. The van der Waals surface area contributed by atoms with Crippen molar-refractivity contribution in [3.63, 3.8) is 0 Å². The zero-order chi connectivity index (χ0) is 16.7. The molecule has 0 aliphatic rings.